The zero-order valence-corrected chi connectivity index (χ0v) is 10.5. The lowest BCUT2D eigenvalue weighted by molar-refractivity contribution is 0.0579. The van der Waals surface area contributed by atoms with Crippen molar-refractivity contribution in [3.63, 3.8) is 0 Å². The number of nitrogens with two attached hydrogens (primary N) is 1. The SMILES string of the molecule is Cl.N[C@H](c1ccc(F)c(F)c1F)C1CCOCC1. The average molecular weight is 282 g/mol. The summed E-state index contributed by atoms with van der Waals surface area (Å²) in [5.74, 6) is -3.78. The third kappa shape index (κ3) is 2.96. The smallest absolute Gasteiger partial charge is 0.194 e. The molecule has 1 fully saturated rings. The first-order chi connectivity index (χ1) is 8.11. The molecular weight excluding hydrogens is 267 g/mol. The van der Waals surface area contributed by atoms with Crippen LogP contribution in [0.25, 0.3) is 0 Å². The lowest BCUT2D eigenvalue weighted by Gasteiger charge is -2.28. The maximum atomic E-state index is 13.5. The van der Waals surface area contributed by atoms with E-state index in [1.54, 1.807) is 0 Å². The summed E-state index contributed by atoms with van der Waals surface area (Å²) < 4.78 is 44.6. The predicted molar refractivity (Wildman–Crippen MR) is 64.0 cm³/mol. The summed E-state index contributed by atoms with van der Waals surface area (Å²) >= 11 is 0. The van der Waals surface area contributed by atoms with Gasteiger partial charge in [-0.3, -0.25) is 0 Å². The lowest BCUT2D eigenvalue weighted by Crippen LogP contribution is -2.28. The van der Waals surface area contributed by atoms with E-state index in [1.165, 1.54) is 6.07 Å². The van der Waals surface area contributed by atoms with Crippen LogP contribution in [-0.4, -0.2) is 13.2 Å². The van der Waals surface area contributed by atoms with Crippen LogP contribution in [0.2, 0.25) is 0 Å². The minimum atomic E-state index is -1.45. The minimum absolute atomic E-state index is 0. The van der Waals surface area contributed by atoms with Crippen molar-refractivity contribution in [2.75, 3.05) is 13.2 Å². The molecule has 1 heterocycles. The summed E-state index contributed by atoms with van der Waals surface area (Å²) in [5.41, 5.74) is 5.94. The molecule has 0 aromatic heterocycles. The van der Waals surface area contributed by atoms with Gasteiger partial charge in [-0.1, -0.05) is 6.07 Å². The van der Waals surface area contributed by atoms with E-state index >= 15 is 0 Å². The normalized spacial score (nSPS) is 18.2. The van der Waals surface area contributed by atoms with Crippen LogP contribution in [0, 0.1) is 23.4 Å². The Morgan fingerprint density at radius 1 is 1.11 bits per heavy atom. The molecule has 0 unspecified atom stereocenters. The van der Waals surface area contributed by atoms with Gasteiger partial charge in [0.2, 0.25) is 0 Å². The molecule has 18 heavy (non-hydrogen) atoms. The van der Waals surface area contributed by atoms with Crippen LogP contribution < -0.4 is 5.73 Å². The highest BCUT2D eigenvalue weighted by molar-refractivity contribution is 5.85. The third-order valence-corrected chi connectivity index (χ3v) is 3.20. The fraction of sp³-hybridized carbons (Fsp3) is 0.500. The van der Waals surface area contributed by atoms with E-state index in [4.69, 9.17) is 10.5 Å². The number of hydrogen-bond acceptors (Lipinski definition) is 2. The van der Waals surface area contributed by atoms with E-state index in [-0.39, 0.29) is 23.9 Å². The molecule has 1 aromatic carbocycles. The van der Waals surface area contributed by atoms with Gasteiger partial charge < -0.3 is 10.5 Å². The van der Waals surface area contributed by atoms with Gasteiger partial charge in [0, 0.05) is 24.8 Å². The summed E-state index contributed by atoms with van der Waals surface area (Å²) in [6, 6.07) is 1.51. The number of rotatable bonds is 2. The largest absolute Gasteiger partial charge is 0.381 e. The van der Waals surface area contributed by atoms with Gasteiger partial charge in [-0.25, -0.2) is 13.2 Å². The van der Waals surface area contributed by atoms with Crippen molar-refractivity contribution < 1.29 is 17.9 Å². The van der Waals surface area contributed by atoms with Gasteiger partial charge in [0.1, 0.15) is 0 Å². The van der Waals surface area contributed by atoms with Crippen molar-refractivity contribution in [2.45, 2.75) is 18.9 Å². The van der Waals surface area contributed by atoms with Gasteiger partial charge in [-0.05, 0) is 24.8 Å². The average Bonchev–Trinajstić information content (AvgIpc) is 2.36. The monoisotopic (exact) mass is 281 g/mol. The molecule has 0 aliphatic carbocycles. The highest BCUT2D eigenvalue weighted by atomic mass is 35.5. The molecule has 1 aromatic rings. The lowest BCUT2D eigenvalue weighted by atomic mass is 9.87. The van der Waals surface area contributed by atoms with Gasteiger partial charge >= 0.3 is 0 Å². The summed E-state index contributed by atoms with van der Waals surface area (Å²) in [6.45, 7) is 1.15. The standard InChI is InChI=1S/C12H14F3NO.ClH/c13-9-2-1-8(10(14)11(9)15)12(16)7-3-5-17-6-4-7;/h1-2,7,12H,3-6,16H2;1H/t12-;/m0./s1. The first-order valence-corrected chi connectivity index (χ1v) is 5.58. The summed E-state index contributed by atoms with van der Waals surface area (Å²) in [4.78, 5) is 0. The van der Waals surface area contributed by atoms with E-state index < -0.39 is 23.5 Å². The van der Waals surface area contributed by atoms with Crippen LogP contribution in [0.3, 0.4) is 0 Å². The maximum Gasteiger partial charge on any atom is 0.194 e. The highest BCUT2D eigenvalue weighted by Gasteiger charge is 2.26. The Hall–Kier alpha value is -0.780. The molecule has 102 valence electrons. The number of benzene rings is 1. The second-order valence-electron chi connectivity index (χ2n) is 4.24. The minimum Gasteiger partial charge on any atom is -0.381 e. The quantitative estimate of drug-likeness (QED) is 0.846. The molecule has 1 aliphatic heterocycles. The van der Waals surface area contributed by atoms with Gasteiger partial charge in [0.25, 0.3) is 0 Å². The van der Waals surface area contributed by atoms with E-state index in [9.17, 15) is 13.2 Å². The van der Waals surface area contributed by atoms with Gasteiger partial charge in [0.15, 0.2) is 17.5 Å². The molecule has 0 bridgehead atoms. The molecule has 6 heteroatoms. The van der Waals surface area contributed by atoms with E-state index in [0.717, 1.165) is 6.07 Å². The van der Waals surface area contributed by atoms with Crippen LogP contribution in [-0.2, 0) is 4.74 Å². The van der Waals surface area contributed by atoms with Crippen molar-refractivity contribution in [1.82, 2.24) is 0 Å². The summed E-state index contributed by atoms with van der Waals surface area (Å²) in [7, 11) is 0. The molecule has 0 spiro atoms. The first-order valence-electron chi connectivity index (χ1n) is 5.58. The third-order valence-electron chi connectivity index (χ3n) is 3.20. The Morgan fingerprint density at radius 2 is 1.72 bits per heavy atom. The fourth-order valence-corrected chi connectivity index (χ4v) is 2.13. The second-order valence-corrected chi connectivity index (χ2v) is 4.24. The summed E-state index contributed by atoms with van der Waals surface area (Å²) in [6.07, 6.45) is 1.42. The van der Waals surface area contributed by atoms with Crippen LogP contribution in [0.15, 0.2) is 12.1 Å². The van der Waals surface area contributed by atoms with Crippen molar-refractivity contribution in [3.8, 4) is 0 Å². The van der Waals surface area contributed by atoms with Gasteiger partial charge in [-0.2, -0.15) is 0 Å². The van der Waals surface area contributed by atoms with Crippen molar-refractivity contribution in [1.29, 1.82) is 0 Å². The zero-order chi connectivity index (χ0) is 12.4. The molecular formula is C12H15ClF3NO. The van der Waals surface area contributed by atoms with Crippen LogP contribution in [0.4, 0.5) is 13.2 Å². The Labute approximate surface area is 110 Å². The molecule has 1 atom stereocenters. The highest BCUT2D eigenvalue weighted by Crippen LogP contribution is 2.30. The molecule has 1 aliphatic rings. The molecule has 1 saturated heterocycles. The molecule has 0 radical (unpaired) electrons. The zero-order valence-electron chi connectivity index (χ0n) is 9.67. The Morgan fingerprint density at radius 3 is 2.33 bits per heavy atom. The van der Waals surface area contributed by atoms with E-state index in [0.29, 0.717) is 26.1 Å². The molecule has 0 amide bonds. The number of hydrogen-bond donors (Lipinski definition) is 1. The van der Waals surface area contributed by atoms with Gasteiger partial charge in [-0.15, -0.1) is 12.4 Å². The number of halogens is 4. The Kier molecular flexibility index (Phi) is 5.44. The molecule has 2 rings (SSSR count). The first kappa shape index (κ1) is 15.3. The van der Waals surface area contributed by atoms with Gasteiger partial charge in [0.05, 0.1) is 0 Å². The van der Waals surface area contributed by atoms with Crippen molar-refractivity contribution >= 4 is 12.4 Å². The fourth-order valence-electron chi connectivity index (χ4n) is 2.13. The van der Waals surface area contributed by atoms with E-state index in [2.05, 4.69) is 0 Å². The second kappa shape index (κ2) is 6.41. The van der Waals surface area contributed by atoms with Crippen LogP contribution in [0.5, 0.6) is 0 Å². The number of ether oxygens (including phenoxy) is 1. The maximum absolute atomic E-state index is 13.5. The van der Waals surface area contributed by atoms with Crippen molar-refractivity contribution in [3.05, 3.63) is 35.1 Å². The topological polar surface area (TPSA) is 35.2 Å². The van der Waals surface area contributed by atoms with E-state index in [1.807, 2.05) is 0 Å². The van der Waals surface area contributed by atoms with Crippen LogP contribution in [0.1, 0.15) is 24.4 Å². The predicted octanol–water partition coefficient (Wildman–Crippen LogP) is 2.95. The Balaban J connectivity index is 0.00000162. The summed E-state index contributed by atoms with van der Waals surface area (Å²) in [5, 5.41) is 0. The Bertz CT molecular complexity index is 411. The van der Waals surface area contributed by atoms with Crippen LogP contribution >= 0.6 is 12.4 Å². The molecule has 2 nitrogen and oxygen atoms in total. The molecule has 2 N–H and O–H groups in total. The molecule has 0 saturated carbocycles. The van der Waals surface area contributed by atoms with Crippen molar-refractivity contribution in [2.24, 2.45) is 11.7 Å².